The second kappa shape index (κ2) is 8.95. The first-order valence-corrected chi connectivity index (χ1v) is 7.81. The summed E-state index contributed by atoms with van der Waals surface area (Å²) in [5.41, 5.74) is 5.77. The molecule has 0 spiro atoms. The molecule has 4 N–H and O–H groups in total. The molecule has 1 rings (SSSR count). The van der Waals surface area contributed by atoms with Crippen molar-refractivity contribution >= 4 is 11.8 Å². The fourth-order valence-electron chi connectivity index (χ4n) is 2.59. The van der Waals surface area contributed by atoms with Crippen molar-refractivity contribution in [3.05, 3.63) is 0 Å². The van der Waals surface area contributed by atoms with Crippen LogP contribution in [-0.4, -0.2) is 30.4 Å². The molecule has 0 unspecified atom stereocenters. The van der Waals surface area contributed by atoms with Gasteiger partial charge in [0.2, 0.25) is 11.8 Å². The van der Waals surface area contributed by atoms with Gasteiger partial charge >= 0.3 is 0 Å². The van der Waals surface area contributed by atoms with Crippen molar-refractivity contribution < 1.29 is 9.59 Å². The van der Waals surface area contributed by atoms with E-state index in [-0.39, 0.29) is 11.8 Å². The lowest BCUT2D eigenvalue weighted by molar-refractivity contribution is -0.123. The Kier molecular flexibility index (Phi) is 7.59. The Morgan fingerprint density at radius 2 is 1.85 bits per heavy atom. The largest absolute Gasteiger partial charge is 0.354 e. The van der Waals surface area contributed by atoms with Crippen LogP contribution in [0.15, 0.2) is 0 Å². The molecule has 0 heterocycles. The lowest BCUT2D eigenvalue weighted by atomic mass is 9.95. The number of carbonyl (C=O) groups excluding carboxylic acids is 2. The second-order valence-electron chi connectivity index (χ2n) is 6.18. The summed E-state index contributed by atoms with van der Waals surface area (Å²) >= 11 is 0. The molecule has 0 bridgehead atoms. The number of carbonyl (C=O) groups is 2. The SMILES string of the molecule is CC(C)C[C@H](N)C(=O)NCCC(=O)NC1CCCCC1. The lowest BCUT2D eigenvalue weighted by Gasteiger charge is -2.22. The summed E-state index contributed by atoms with van der Waals surface area (Å²) in [5, 5.41) is 5.76. The Hall–Kier alpha value is -1.10. The number of nitrogens with one attached hydrogen (secondary N) is 2. The normalized spacial score (nSPS) is 17.8. The van der Waals surface area contributed by atoms with E-state index in [1.54, 1.807) is 0 Å². The maximum Gasteiger partial charge on any atom is 0.236 e. The van der Waals surface area contributed by atoms with Gasteiger partial charge in [-0.15, -0.1) is 0 Å². The number of hydrogen-bond donors (Lipinski definition) is 3. The minimum Gasteiger partial charge on any atom is -0.354 e. The molecule has 1 atom stereocenters. The van der Waals surface area contributed by atoms with Crippen LogP contribution < -0.4 is 16.4 Å². The molecule has 1 aliphatic rings. The third-order valence-corrected chi connectivity index (χ3v) is 3.68. The molecule has 0 aromatic heterocycles. The van der Waals surface area contributed by atoms with Gasteiger partial charge in [-0.2, -0.15) is 0 Å². The maximum atomic E-state index is 11.7. The molecule has 20 heavy (non-hydrogen) atoms. The van der Waals surface area contributed by atoms with Crippen LogP contribution >= 0.6 is 0 Å². The van der Waals surface area contributed by atoms with E-state index in [0.29, 0.717) is 31.3 Å². The van der Waals surface area contributed by atoms with E-state index in [2.05, 4.69) is 10.6 Å². The zero-order valence-electron chi connectivity index (χ0n) is 12.8. The minimum atomic E-state index is -0.476. The van der Waals surface area contributed by atoms with Crippen LogP contribution in [-0.2, 0) is 9.59 Å². The van der Waals surface area contributed by atoms with E-state index in [9.17, 15) is 9.59 Å². The van der Waals surface area contributed by atoms with Crippen LogP contribution in [0.5, 0.6) is 0 Å². The van der Waals surface area contributed by atoms with Gasteiger partial charge in [0.25, 0.3) is 0 Å². The van der Waals surface area contributed by atoms with Crippen LogP contribution in [0.3, 0.4) is 0 Å². The van der Waals surface area contributed by atoms with E-state index in [1.165, 1.54) is 19.3 Å². The van der Waals surface area contributed by atoms with Crippen molar-refractivity contribution in [2.45, 2.75) is 70.9 Å². The Morgan fingerprint density at radius 1 is 1.20 bits per heavy atom. The Balaban J connectivity index is 2.13. The van der Waals surface area contributed by atoms with Crippen molar-refractivity contribution in [1.82, 2.24) is 10.6 Å². The minimum absolute atomic E-state index is 0.0228. The predicted molar refractivity (Wildman–Crippen MR) is 80.1 cm³/mol. The molecular weight excluding hydrogens is 254 g/mol. The molecule has 5 nitrogen and oxygen atoms in total. The molecule has 0 aromatic rings. The molecule has 1 fully saturated rings. The monoisotopic (exact) mass is 283 g/mol. The number of nitrogens with two attached hydrogens (primary N) is 1. The van der Waals surface area contributed by atoms with Crippen molar-refractivity contribution in [1.29, 1.82) is 0 Å². The molecule has 5 heteroatoms. The van der Waals surface area contributed by atoms with Crippen molar-refractivity contribution in [2.24, 2.45) is 11.7 Å². The number of hydrogen-bond acceptors (Lipinski definition) is 3. The standard InChI is InChI=1S/C15H29N3O2/c1-11(2)10-13(16)15(20)17-9-8-14(19)18-12-6-4-3-5-7-12/h11-13H,3-10,16H2,1-2H3,(H,17,20)(H,18,19)/t13-/m0/s1. The van der Waals surface area contributed by atoms with E-state index >= 15 is 0 Å². The van der Waals surface area contributed by atoms with Gasteiger partial charge in [-0.25, -0.2) is 0 Å². The van der Waals surface area contributed by atoms with Crippen LogP contribution in [0.1, 0.15) is 58.8 Å². The van der Waals surface area contributed by atoms with Gasteiger partial charge in [0, 0.05) is 19.0 Å². The van der Waals surface area contributed by atoms with Gasteiger partial charge in [0.1, 0.15) is 0 Å². The first-order valence-electron chi connectivity index (χ1n) is 7.81. The van der Waals surface area contributed by atoms with E-state index < -0.39 is 6.04 Å². The highest BCUT2D eigenvalue weighted by Gasteiger charge is 2.17. The van der Waals surface area contributed by atoms with Gasteiger partial charge in [0.05, 0.1) is 6.04 Å². The molecule has 1 aliphatic carbocycles. The zero-order chi connectivity index (χ0) is 15.0. The van der Waals surface area contributed by atoms with Crippen LogP contribution in [0, 0.1) is 5.92 Å². The van der Waals surface area contributed by atoms with Crippen LogP contribution in [0.25, 0.3) is 0 Å². The van der Waals surface area contributed by atoms with Crippen LogP contribution in [0.4, 0.5) is 0 Å². The average molecular weight is 283 g/mol. The molecule has 0 aromatic carbocycles. The smallest absolute Gasteiger partial charge is 0.236 e. The van der Waals surface area contributed by atoms with Gasteiger partial charge in [-0.1, -0.05) is 33.1 Å². The third-order valence-electron chi connectivity index (χ3n) is 3.68. The van der Waals surface area contributed by atoms with Gasteiger partial charge in [-0.05, 0) is 25.2 Å². The highest BCUT2D eigenvalue weighted by Crippen LogP contribution is 2.17. The van der Waals surface area contributed by atoms with Crippen LogP contribution in [0.2, 0.25) is 0 Å². The van der Waals surface area contributed by atoms with E-state index in [4.69, 9.17) is 5.73 Å². The topological polar surface area (TPSA) is 84.2 Å². The summed E-state index contributed by atoms with van der Waals surface area (Å²) in [4.78, 5) is 23.4. The van der Waals surface area contributed by atoms with Crippen molar-refractivity contribution in [3.8, 4) is 0 Å². The summed E-state index contributed by atoms with van der Waals surface area (Å²) < 4.78 is 0. The molecule has 0 aliphatic heterocycles. The fourth-order valence-corrected chi connectivity index (χ4v) is 2.59. The van der Waals surface area contributed by atoms with Crippen molar-refractivity contribution in [2.75, 3.05) is 6.54 Å². The third kappa shape index (κ3) is 6.89. The fraction of sp³-hybridized carbons (Fsp3) is 0.867. The summed E-state index contributed by atoms with van der Waals surface area (Å²) in [5.74, 6) is 0.254. The Labute approximate surface area is 122 Å². The first kappa shape index (κ1) is 17.0. The summed E-state index contributed by atoms with van der Waals surface area (Å²) in [6.45, 7) is 4.43. The van der Waals surface area contributed by atoms with Gasteiger partial charge in [-0.3, -0.25) is 9.59 Å². The first-order chi connectivity index (χ1) is 9.49. The predicted octanol–water partition coefficient (Wildman–Crippen LogP) is 1.32. The molecule has 0 radical (unpaired) electrons. The number of amides is 2. The van der Waals surface area contributed by atoms with Gasteiger partial charge < -0.3 is 16.4 Å². The highest BCUT2D eigenvalue weighted by atomic mass is 16.2. The molecule has 0 saturated heterocycles. The summed E-state index contributed by atoms with van der Waals surface area (Å²) in [6.07, 6.45) is 6.83. The molecule has 116 valence electrons. The maximum absolute atomic E-state index is 11.7. The number of rotatable bonds is 7. The highest BCUT2D eigenvalue weighted by molar-refractivity contribution is 5.82. The van der Waals surface area contributed by atoms with Crippen molar-refractivity contribution in [3.63, 3.8) is 0 Å². The molecule has 2 amide bonds. The lowest BCUT2D eigenvalue weighted by Crippen LogP contribution is -2.43. The van der Waals surface area contributed by atoms with E-state index in [0.717, 1.165) is 12.8 Å². The zero-order valence-corrected chi connectivity index (χ0v) is 12.8. The average Bonchev–Trinajstić information content (AvgIpc) is 2.38. The summed E-state index contributed by atoms with van der Waals surface area (Å²) in [6, 6.07) is -0.147. The Morgan fingerprint density at radius 3 is 2.45 bits per heavy atom. The van der Waals surface area contributed by atoms with Gasteiger partial charge in [0.15, 0.2) is 0 Å². The second-order valence-corrected chi connectivity index (χ2v) is 6.18. The molecule has 1 saturated carbocycles. The summed E-state index contributed by atoms with van der Waals surface area (Å²) in [7, 11) is 0. The Bertz CT molecular complexity index is 312. The molecular formula is C15H29N3O2. The quantitative estimate of drug-likeness (QED) is 0.659. The van der Waals surface area contributed by atoms with E-state index in [1.807, 2.05) is 13.8 Å².